The van der Waals surface area contributed by atoms with Crippen molar-refractivity contribution < 1.29 is 29.2 Å². The third kappa shape index (κ3) is 2.44. The highest BCUT2D eigenvalue weighted by atomic mass is 16.5. The molecule has 2 N–H and O–H groups in total. The van der Waals surface area contributed by atoms with Gasteiger partial charge in [-0.05, 0) is 47.4 Å². The Balaban J connectivity index is 1.89. The van der Waals surface area contributed by atoms with E-state index in [4.69, 9.17) is 14.2 Å². The fourth-order valence-electron chi connectivity index (χ4n) is 4.18. The van der Waals surface area contributed by atoms with Crippen molar-refractivity contribution in [3.63, 3.8) is 0 Å². The van der Waals surface area contributed by atoms with Crippen LogP contribution in [0.4, 0.5) is 0 Å². The molecule has 4 rings (SSSR count). The third-order valence-corrected chi connectivity index (χ3v) is 5.44. The van der Waals surface area contributed by atoms with Crippen molar-refractivity contribution in [2.24, 2.45) is 11.8 Å². The zero-order valence-electron chi connectivity index (χ0n) is 14.6. The van der Waals surface area contributed by atoms with E-state index in [0.717, 1.165) is 16.7 Å². The minimum Gasteiger partial charge on any atom is -0.504 e. The molecule has 3 atom stereocenters. The molecule has 1 aliphatic heterocycles. The Bertz CT molecular complexity index is 875. The third-order valence-electron chi connectivity index (χ3n) is 5.44. The monoisotopic (exact) mass is 356 g/mol. The highest BCUT2D eigenvalue weighted by Gasteiger charge is 2.47. The van der Waals surface area contributed by atoms with Gasteiger partial charge in [-0.1, -0.05) is 6.07 Å². The van der Waals surface area contributed by atoms with Crippen molar-refractivity contribution in [2.45, 2.75) is 12.3 Å². The van der Waals surface area contributed by atoms with E-state index in [-0.39, 0.29) is 35.2 Å². The van der Waals surface area contributed by atoms with Crippen LogP contribution in [0.3, 0.4) is 0 Å². The number of phenolic OH excluding ortho intramolecular Hbond substituents is 2. The summed E-state index contributed by atoms with van der Waals surface area (Å²) < 4.78 is 15.8. The summed E-state index contributed by atoms with van der Waals surface area (Å²) in [7, 11) is 2.99. The van der Waals surface area contributed by atoms with E-state index >= 15 is 0 Å². The van der Waals surface area contributed by atoms with Gasteiger partial charge < -0.3 is 24.4 Å². The first-order valence-electron chi connectivity index (χ1n) is 8.46. The first kappa shape index (κ1) is 16.6. The number of hydrogen-bond acceptors (Lipinski definition) is 6. The topological polar surface area (TPSA) is 85.2 Å². The molecule has 6 nitrogen and oxygen atoms in total. The van der Waals surface area contributed by atoms with Gasteiger partial charge in [-0.3, -0.25) is 4.79 Å². The Kier molecular flexibility index (Phi) is 3.90. The van der Waals surface area contributed by atoms with Crippen LogP contribution in [0.2, 0.25) is 0 Å². The molecule has 2 aliphatic rings. The van der Waals surface area contributed by atoms with Crippen molar-refractivity contribution in [3.8, 4) is 23.0 Å². The lowest BCUT2D eigenvalue weighted by Gasteiger charge is -2.34. The Morgan fingerprint density at radius 2 is 1.77 bits per heavy atom. The first-order valence-corrected chi connectivity index (χ1v) is 8.46. The van der Waals surface area contributed by atoms with E-state index in [0.29, 0.717) is 24.5 Å². The quantitative estimate of drug-likeness (QED) is 0.823. The molecule has 2 aromatic carbocycles. The van der Waals surface area contributed by atoms with Crippen molar-refractivity contribution in [2.75, 3.05) is 20.8 Å². The number of hydrogen-bond donors (Lipinski definition) is 2. The van der Waals surface area contributed by atoms with Crippen LogP contribution in [0.25, 0.3) is 0 Å². The number of carbonyl (C=O) groups excluding carboxylic acids is 1. The molecular formula is C20H20O6. The Hall–Kier alpha value is -2.89. The van der Waals surface area contributed by atoms with Crippen LogP contribution in [0.15, 0.2) is 30.3 Å². The van der Waals surface area contributed by atoms with Crippen LogP contribution in [-0.4, -0.2) is 37.0 Å². The largest absolute Gasteiger partial charge is 0.504 e. The van der Waals surface area contributed by atoms with Gasteiger partial charge in [0.05, 0.1) is 26.7 Å². The summed E-state index contributed by atoms with van der Waals surface area (Å²) in [5.41, 5.74) is 2.80. The molecule has 0 saturated carbocycles. The molecule has 0 spiro atoms. The number of phenols is 2. The molecule has 1 aliphatic carbocycles. The van der Waals surface area contributed by atoms with Gasteiger partial charge in [0, 0.05) is 11.8 Å². The summed E-state index contributed by atoms with van der Waals surface area (Å²) in [6, 6.07) is 8.67. The highest BCUT2D eigenvalue weighted by molar-refractivity contribution is 5.77. The maximum Gasteiger partial charge on any atom is 0.309 e. The van der Waals surface area contributed by atoms with Gasteiger partial charge in [-0.25, -0.2) is 0 Å². The number of rotatable bonds is 3. The standard InChI is InChI=1S/C20H20O6/c1-24-17-6-10(3-4-15(17)21)19-12-8-16(22)18(25-2)7-11(12)5-13-14(19)9-26-20(13)23/h3-4,6-8,13-14,19,21-22H,5,9H2,1-2H3/t13-,14?,19+/m0/s1. The number of cyclic esters (lactones) is 1. The van der Waals surface area contributed by atoms with Crippen LogP contribution in [0.5, 0.6) is 23.0 Å². The molecule has 1 heterocycles. The van der Waals surface area contributed by atoms with Crippen LogP contribution in [0, 0.1) is 11.8 Å². The van der Waals surface area contributed by atoms with E-state index in [1.165, 1.54) is 14.2 Å². The summed E-state index contributed by atoms with van der Waals surface area (Å²) in [6.07, 6.45) is 0.557. The summed E-state index contributed by atoms with van der Waals surface area (Å²) in [4.78, 5) is 12.2. The predicted molar refractivity (Wildman–Crippen MR) is 92.8 cm³/mol. The Morgan fingerprint density at radius 3 is 2.50 bits per heavy atom. The van der Waals surface area contributed by atoms with Gasteiger partial charge in [0.1, 0.15) is 0 Å². The second-order valence-corrected chi connectivity index (χ2v) is 6.74. The minimum absolute atomic E-state index is 0.0305. The van der Waals surface area contributed by atoms with Crippen molar-refractivity contribution in [1.82, 2.24) is 0 Å². The van der Waals surface area contributed by atoms with Crippen molar-refractivity contribution in [1.29, 1.82) is 0 Å². The van der Waals surface area contributed by atoms with E-state index in [9.17, 15) is 15.0 Å². The van der Waals surface area contributed by atoms with E-state index in [1.807, 2.05) is 6.07 Å². The number of carbonyl (C=O) groups is 1. The second kappa shape index (κ2) is 6.12. The fraction of sp³-hybridized carbons (Fsp3) is 0.350. The van der Waals surface area contributed by atoms with Gasteiger partial charge in [-0.2, -0.15) is 0 Å². The molecule has 0 aromatic heterocycles. The molecular weight excluding hydrogens is 336 g/mol. The molecule has 6 heteroatoms. The summed E-state index contributed by atoms with van der Waals surface area (Å²) >= 11 is 0. The molecule has 26 heavy (non-hydrogen) atoms. The van der Waals surface area contributed by atoms with Crippen LogP contribution < -0.4 is 9.47 Å². The Morgan fingerprint density at radius 1 is 1.04 bits per heavy atom. The van der Waals surface area contributed by atoms with E-state index < -0.39 is 0 Å². The van der Waals surface area contributed by atoms with Crippen molar-refractivity contribution >= 4 is 5.97 Å². The summed E-state index contributed by atoms with van der Waals surface area (Å²) in [6.45, 7) is 0.337. The van der Waals surface area contributed by atoms with E-state index in [2.05, 4.69) is 0 Å². The molecule has 0 amide bonds. The lowest BCUT2D eigenvalue weighted by Crippen LogP contribution is -2.31. The Labute approximate surface area is 150 Å². The van der Waals surface area contributed by atoms with Gasteiger partial charge in [-0.15, -0.1) is 0 Å². The molecule has 0 bridgehead atoms. The maximum atomic E-state index is 12.2. The van der Waals surface area contributed by atoms with Crippen molar-refractivity contribution in [3.05, 3.63) is 47.0 Å². The molecule has 1 fully saturated rings. The molecule has 2 aromatic rings. The molecule has 0 radical (unpaired) electrons. The van der Waals surface area contributed by atoms with Crippen LogP contribution >= 0.6 is 0 Å². The number of aromatic hydroxyl groups is 2. The van der Waals surface area contributed by atoms with Gasteiger partial charge >= 0.3 is 5.97 Å². The number of methoxy groups -OCH3 is 2. The zero-order valence-corrected chi connectivity index (χ0v) is 14.6. The predicted octanol–water partition coefficient (Wildman–Crippen LogP) is 2.59. The lowest BCUT2D eigenvalue weighted by molar-refractivity contribution is -0.141. The van der Waals surface area contributed by atoms with Gasteiger partial charge in [0.15, 0.2) is 23.0 Å². The SMILES string of the molecule is COc1cc([C@@H]2c3cc(O)c(OC)cc3C[C@@H]3C(=O)OCC23)ccc1O. The zero-order chi connectivity index (χ0) is 18.4. The molecule has 1 saturated heterocycles. The number of esters is 1. The maximum absolute atomic E-state index is 12.2. The fourth-order valence-corrected chi connectivity index (χ4v) is 4.18. The highest BCUT2D eigenvalue weighted by Crippen LogP contribution is 2.50. The summed E-state index contributed by atoms with van der Waals surface area (Å²) in [5, 5.41) is 20.2. The van der Waals surface area contributed by atoms with Crippen LogP contribution in [0.1, 0.15) is 22.6 Å². The van der Waals surface area contributed by atoms with Gasteiger partial charge in [0.2, 0.25) is 0 Å². The van der Waals surface area contributed by atoms with E-state index in [1.54, 1.807) is 24.3 Å². The molecule has 136 valence electrons. The number of fused-ring (bicyclic) bond motifs is 2. The average molecular weight is 356 g/mol. The number of benzene rings is 2. The summed E-state index contributed by atoms with van der Waals surface area (Å²) in [5.74, 6) is 0.263. The first-order chi connectivity index (χ1) is 12.5. The number of ether oxygens (including phenoxy) is 3. The average Bonchev–Trinajstić information content (AvgIpc) is 3.00. The van der Waals surface area contributed by atoms with Gasteiger partial charge in [0.25, 0.3) is 0 Å². The smallest absolute Gasteiger partial charge is 0.309 e. The molecule has 1 unspecified atom stereocenters. The van der Waals surface area contributed by atoms with Crippen LogP contribution in [-0.2, 0) is 16.0 Å². The normalized spacial score (nSPS) is 23.8. The minimum atomic E-state index is -0.235. The second-order valence-electron chi connectivity index (χ2n) is 6.74. The lowest BCUT2D eigenvalue weighted by atomic mass is 9.67.